The Morgan fingerprint density at radius 3 is 2.23 bits per heavy atom. The fourth-order valence-corrected chi connectivity index (χ4v) is 3.84. The maximum atomic E-state index is 12.3. The second-order valence-corrected chi connectivity index (χ2v) is 8.82. The highest BCUT2D eigenvalue weighted by atomic mass is 16.5. The Labute approximate surface area is 184 Å². The van der Waals surface area contributed by atoms with Crippen LogP contribution in [0.4, 0.5) is 0 Å². The summed E-state index contributed by atoms with van der Waals surface area (Å²) in [6.45, 7) is 7.19. The number of nitrogens with one attached hydrogen (secondary N) is 1. The van der Waals surface area contributed by atoms with Crippen molar-refractivity contribution < 1.29 is 9.53 Å². The van der Waals surface area contributed by atoms with Gasteiger partial charge in [0.25, 0.3) is 5.91 Å². The highest BCUT2D eigenvalue weighted by molar-refractivity contribution is 5.94. The van der Waals surface area contributed by atoms with E-state index in [1.165, 1.54) is 11.1 Å². The van der Waals surface area contributed by atoms with Crippen molar-refractivity contribution in [3.8, 4) is 5.75 Å². The zero-order valence-corrected chi connectivity index (χ0v) is 18.5. The minimum atomic E-state index is -0.176. The number of hydrogen-bond donors (Lipinski definition) is 1. The van der Waals surface area contributed by atoms with Gasteiger partial charge in [-0.15, -0.1) is 0 Å². The third-order valence-corrected chi connectivity index (χ3v) is 6.38. The summed E-state index contributed by atoms with van der Waals surface area (Å²) in [7, 11) is 0. The fraction of sp³-hybridized carbons (Fsp3) is 0.333. The first-order chi connectivity index (χ1) is 15.0. The van der Waals surface area contributed by atoms with Crippen molar-refractivity contribution in [2.45, 2.75) is 51.7 Å². The van der Waals surface area contributed by atoms with Crippen LogP contribution in [0.25, 0.3) is 0 Å². The molecule has 4 heteroatoms. The summed E-state index contributed by atoms with van der Waals surface area (Å²) in [4.78, 5) is 16.6. The van der Waals surface area contributed by atoms with Crippen LogP contribution in [0.5, 0.6) is 5.75 Å². The van der Waals surface area contributed by atoms with E-state index in [9.17, 15) is 4.79 Å². The van der Waals surface area contributed by atoms with E-state index >= 15 is 0 Å². The van der Waals surface area contributed by atoms with Crippen molar-refractivity contribution >= 4 is 5.91 Å². The molecule has 1 aliphatic rings. The Balaban J connectivity index is 1.50. The first-order valence-corrected chi connectivity index (χ1v) is 11.0. The molecule has 1 aromatic heterocycles. The number of nitrogens with zero attached hydrogens (tertiary/aromatic N) is 1. The van der Waals surface area contributed by atoms with Crippen LogP contribution in [0.1, 0.15) is 60.8 Å². The molecular weight excluding hydrogens is 384 g/mol. The van der Waals surface area contributed by atoms with E-state index in [0.29, 0.717) is 18.6 Å². The van der Waals surface area contributed by atoms with Crippen LogP contribution in [-0.2, 0) is 12.0 Å². The second-order valence-electron chi connectivity index (χ2n) is 8.82. The van der Waals surface area contributed by atoms with E-state index < -0.39 is 0 Å². The maximum Gasteiger partial charge on any atom is 0.251 e. The van der Waals surface area contributed by atoms with Crippen LogP contribution in [-0.4, -0.2) is 16.9 Å². The monoisotopic (exact) mass is 414 g/mol. The predicted molar refractivity (Wildman–Crippen MR) is 123 cm³/mol. The van der Waals surface area contributed by atoms with Gasteiger partial charge in [0, 0.05) is 23.2 Å². The van der Waals surface area contributed by atoms with Crippen molar-refractivity contribution in [1.29, 1.82) is 0 Å². The average Bonchev–Trinajstić information content (AvgIpc) is 3.62. The number of carbonyl (C=O) groups is 1. The number of amides is 1. The van der Waals surface area contributed by atoms with Gasteiger partial charge < -0.3 is 10.1 Å². The number of ether oxygens (including phenoxy) is 1. The molecule has 1 aliphatic carbocycles. The van der Waals surface area contributed by atoms with E-state index in [1.807, 2.05) is 42.5 Å². The van der Waals surface area contributed by atoms with Crippen molar-refractivity contribution in [3.05, 3.63) is 95.3 Å². The molecule has 1 unspecified atom stereocenters. The Morgan fingerprint density at radius 1 is 1.03 bits per heavy atom. The molecular formula is C27H30N2O2. The Hall–Kier alpha value is -3.14. The quantitative estimate of drug-likeness (QED) is 0.528. The summed E-state index contributed by atoms with van der Waals surface area (Å²) in [5.74, 6) is 1.22. The molecule has 1 atom stereocenters. The lowest BCUT2D eigenvalue weighted by molar-refractivity contribution is 0.0951. The number of hydrogen-bond acceptors (Lipinski definition) is 3. The fourth-order valence-electron chi connectivity index (χ4n) is 3.84. The number of carbonyl (C=O) groups excluding carboxylic acids is 1. The third-order valence-electron chi connectivity index (χ3n) is 6.38. The van der Waals surface area contributed by atoms with Crippen molar-refractivity contribution in [1.82, 2.24) is 10.3 Å². The molecule has 1 heterocycles. The molecule has 4 rings (SSSR count). The molecule has 160 valence electrons. The van der Waals surface area contributed by atoms with Gasteiger partial charge in [-0.1, -0.05) is 51.1 Å². The van der Waals surface area contributed by atoms with E-state index in [1.54, 1.807) is 6.20 Å². The van der Waals surface area contributed by atoms with Gasteiger partial charge in [0.05, 0.1) is 5.69 Å². The SMILES string of the molecule is CC(C)C(C)(c1ccc(OCc2ccccn2)cc1)c1ccc(C(=O)NC2CC2)cc1. The smallest absolute Gasteiger partial charge is 0.251 e. The van der Waals surface area contributed by atoms with Crippen molar-refractivity contribution in [2.24, 2.45) is 5.92 Å². The molecule has 0 aliphatic heterocycles. The molecule has 1 amide bonds. The first kappa shape index (κ1) is 21.1. The van der Waals surface area contributed by atoms with E-state index in [4.69, 9.17) is 4.74 Å². The normalized spacial score (nSPS) is 15.4. The molecule has 0 radical (unpaired) electrons. The maximum absolute atomic E-state index is 12.3. The largest absolute Gasteiger partial charge is 0.487 e. The van der Waals surface area contributed by atoms with Gasteiger partial charge >= 0.3 is 0 Å². The average molecular weight is 415 g/mol. The lowest BCUT2D eigenvalue weighted by atomic mass is 9.68. The van der Waals surface area contributed by atoms with Crippen LogP contribution in [0.2, 0.25) is 0 Å². The molecule has 3 aromatic rings. The summed E-state index contributed by atoms with van der Waals surface area (Å²) in [5.41, 5.74) is 3.88. The van der Waals surface area contributed by atoms with Gasteiger partial charge in [-0.2, -0.15) is 0 Å². The molecule has 4 nitrogen and oxygen atoms in total. The van der Waals surface area contributed by atoms with Crippen LogP contribution in [0.15, 0.2) is 72.9 Å². The summed E-state index contributed by atoms with van der Waals surface area (Å²) in [6, 6.07) is 22.6. The molecule has 2 aromatic carbocycles. The highest BCUT2D eigenvalue weighted by Gasteiger charge is 2.33. The molecule has 31 heavy (non-hydrogen) atoms. The zero-order chi connectivity index (χ0) is 21.8. The second kappa shape index (κ2) is 8.93. The standard InChI is InChI=1S/C27H30N2O2/c1-19(2)27(3,21-9-7-20(8-10-21)26(30)29-23-13-14-23)22-11-15-25(16-12-22)31-18-24-6-4-5-17-28-24/h4-12,15-17,19,23H,13-14,18H2,1-3H3,(H,29,30). The van der Waals surface area contributed by atoms with Gasteiger partial charge in [-0.05, 0) is 66.3 Å². The van der Waals surface area contributed by atoms with Crippen LogP contribution in [0.3, 0.4) is 0 Å². The van der Waals surface area contributed by atoms with E-state index in [-0.39, 0.29) is 11.3 Å². The summed E-state index contributed by atoms with van der Waals surface area (Å²) in [6.07, 6.45) is 3.96. The van der Waals surface area contributed by atoms with Gasteiger partial charge in [0.15, 0.2) is 0 Å². The lowest BCUT2D eigenvalue weighted by Crippen LogP contribution is -2.30. The Kier molecular flexibility index (Phi) is 6.08. The van der Waals surface area contributed by atoms with Crippen molar-refractivity contribution in [2.75, 3.05) is 0 Å². The first-order valence-electron chi connectivity index (χ1n) is 11.0. The molecule has 0 saturated heterocycles. The Morgan fingerprint density at radius 2 is 1.68 bits per heavy atom. The molecule has 1 fully saturated rings. The number of benzene rings is 2. The summed E-state index contributed by atoms with van der Waals surface area (Å²) >= 11 is 0. The highest BCUT2D eigenvalue weighted by Crippen LogP contribution is 2.39. The van der Waals surface area contributed by atoms with Gasteiger partial charge in [0.1, 0.15) is 12.4 Å². The molecule has 0 bridgehead atoms. The number of pyridine rings is 1. The van der Waals surface area contributed by atoms with Crippen molar-refractivity contribution in [3.63, 3.8) is 0 Å². The topological polar surface area (TPSA) is 51.2 Å². The van der Waals surface area contributed by atoms with Crippen LogP contribution >= 0.6 is 0 Å². The summed E-state index contributed by atoms with van der Waals surface area (Å²) in [5, 5.41) is 3.06. The molecule has 0 spiro atoms. The van der Waals surface area contributed by atoms with Crippen LogP contribution < -0.4 is 10.1 Å². The zero-order valence-electron chi connectivity index (χ0n) is 18.5. The minimum Gasteiger partial charge on any atom is -0.487 e. The summed E-state index contributed by atoms with van der Waals surface area (Å²) < 4.78 is 5.90. The van der Waals surface area contributed by atoms with Gasteiger partial charge in [-0.3, -0.25) is 9.78 Å². The van der Waals surface area contributed by atoms with Crippen LogP contribution in [0, 0.1) is 5.92 Å². The van der Waals surface area contributed by atoms with Gasteiger partial charge in [0.2, 0.25) is 0 Å². The minimum absolute atomic E-state index is 0.0229. The van der Waals surface area contributed by atoms with Gasteiger partial charge in [-0.25, -0.2) is 0 Å². The van der Waals surface area contributed by atoms with E-state index in [0.717, 1.165) is 29.8 Å². The third kappa shape index (κ3) is 4.79. The Bertz CT molecular complexity index is 1010. The van der Waals surface area contributed by atoms with E-state index in [2.05, 4.69) is 55.3 Å². The molecule has 1 N–H and O–H groups in total. The number of rotatable bonds is 8. The molecule has 1 saturated carbocycles. The lowest BCUT2D eigenvalue weighted by Gasteiger charge is -2.35. The number of aromatic nitrogens is 1. The predicted octanol–water partition coefficient (Wildman–Crippen LogP) is 5.51.